The normalized spacial score (nSPS) is 18.8. The van der Waals surface area contributed by atoms with Gasteiger partial charge < -0.3 is 4.74 Å². The number of aryl methyl sites for hydroxylation is 1. The van der Waals surface area contributed by atoms with E-state index < -0.39 is 0 Å². The van der Waals surface area contributed by atoms with Crippen LogP contribution in [-0.2, 0) is 9.53 Å². The van der Waals surface area contributed by atoms with Crippen LogP contribution in [0.3, 0.4) is 0 Å². The van der Waals surface area contributed by atoms with Crippen molar-refractivity contribution in [1.82, 2.24) is 9.88 Å². The number of morpholine rings is 1. The third kappa shape index (κ3) is 4.85. The number of anilines is 1. The minimum absolute atomic E-state index is 0. The van der Waals surface area contributed by atoms with Gasteiger partial charge >= 0.3 is 0 Å². The largest absolute Gasteiger partial charge is 0.379 e. The highest BCUT2D eigenvalue weighted by molar-refractivity contribution is 7.22. The summed E-state index contributed by atoms with van der Waals surface area (Å²) >= 11 is 1.65. The van der Waals surface area contributed by atoms with E-state index >= 15 is 0 Å². The second kappa shape index (κ2) is 10.0. The monoisotopic (exact) mass is 423 g/mol. The van der Waals surface area contributed by atoms with Crippen LogP contribution in [0.4, 0.5) is 5.13 Å². The van der Waals surface area contributed by atoms with Gasteiger partial charge in [0.1, 0.15) is 0 Å². The number of fused-ring (bicyclic) bond motifs is 1. The van der Waals surface area contributed by atoms with E-state index in [-0.39, 0.29) is 24.2 Å². The fourth-order valence-electron chi connectivity index (χ4n) is 4.13. The number of aromatic nitrogens is 1. The predicted octanol–water partition coefficient (Wildman–Crippen LogP) is 4.27. The first-order chi connectivity index (χ1) is 13.2. The summed E-state index contributed by atoms with van der Waals surface area (Å²) in [5, 5.41) is 0.864. The molecule has 0 radical (unpaired) electrons. The van der Waals surface area contributed by atoms with Gasteiger partial charge in [0.15, 0.2) is 5.13 Å². The van der Waals surface area contributed by atoms with Crippen LogP contribution in [0.5, 0.6) is 0 Å². The molecule has 1 aliphatic heterocycles. The van der Waals surface area contributed by atoms with Crippen LogP contribution in [-0.4, -0.2) is 55.2 Å². The Morgan fingerprint density at radius 1 is 1.25 bits per heavy atom. The zero-order valence-corrected chi connectivity index (χ0v) is 18.2. The number of thiazole rings is 1. The molecule has 2 aromatic rings. The van der Waals surface area contributed by atoms with E-state index in [4.69, 9.17) is 9.72 Å². The molecule has 0 N–H and O–H groups in total. The summed E-state index contributed by atoms with van der Waals surface area (Å²) < 4.78 is 6.62. The van der Waals surface area contributed by atoms with Gasteiger partial charge in [0.2, 0.25) is 5.91 Å². The van der Waals surface area contributed by atoms with Crippen LogP contribution in [0.1, 0.15) is 37.7 Å². The predicted molar refractivity (Wildman–Crippen MR) is 118 cm³/mol. The third-order valence-electron chi connectivity index (χ3n) is 5.80. The number of halogens is 1. The molecule has 1 aromatic heterocycles. The third-order valence-corrected chi connectivity index (χ3v) is 6.85. The molecule has 0 atom stereocenters. The van der Waals surface area contributed by atoms with Crippen molar-refractivity contribution in [2.45, 2.75) is 39.0 Å². The number of para-hydroxylation sites is 1. The van der Waals surface area contributed by atoms with Crippen molar-refractivity contribution in [2.24, 2.45) is 5.92 Å². The van der Waals surface area contributed by atoms with Crippen LogP contribution in [0.25, 0.3) is 10.2 Å². The lowest BCUT2D eigenvalue weighted by Crippen LogP contribution is -2.45. The molecule has 0 unspecified atom stereocenters. The van der Waals surface area contributed by atoms with Crippen LogP contribution < -0.4 is 4.90 Å². The maximum Gasteiger partial charge on any atom is 0.231 e. The topological polar surface area (TPSA) is 45.7 Å². The lowest BCUT2D eigenvalue weighted by Gasteiger charge is -2.31. The van der Waals surface area contributed by atoms with Crippen molar-refractivity contribution in [2.75, 3.05) is 44.3 Å². The Balaban J connectivity index is 0.00000225. The fourth-order valence-corrected chi connectivity index (χ4v) is 5.20. The molecule has 0 bridgehead atoms. The van der Waals surface area contributed by atoms with Crippen molar-refractivity contribution < 1.29 is 9.53 Å². The second-order valence-electron chi connectivity index (χ2n) is 7.70. The molecule has 0 spiro atoms. The SMILES string of the molecule is Cc1cccc2sc(N(CCN3CCOCC3)C(=O)C3CCCCC3)nc12.Cl. The number of ether oxygens (including phenoxy) is 1. The molecule has 4 rings (SSSR count). The van der Waals surface area contributed by atoms with Gasteiger partial charge in [-0.05, 0) is 31.4 Å². The lowest BCUT2D eigenvalue weighted by atomic mass is 9.88. The molecule has 1 saturated heterocycles. The molecule has 2 heterocycles. The second-order valence-corrected chi connectivity index (χ2v) is 8.71. The smallest absolute Gasteiger partial charge is 0.231 e. The highest BCUT2D eigenvalue weighted by atomic mass is 35.5. The van der Waals surface area contributed by atoms with E-state index in [9.17, 15) is 4.79 Å². The zero-order chi connectivity index (χ0) is 18.6. The summed E-state index contributed by atoms with van der Waals surface area (Å²) in [5.74, 6) is 0.441. The van der Waals surface area contributed by atoms with Crippen molar-refractivity contribution in [1.29, 1.82) is 0 Å². The zero-order valence-electron chi connectivity index (χ0n) is 16.6. The Kier molecular flexibility index (Phi) is 7.69. The van der Waals surface area contributed by atoms with Crippen LogP contribution in [0.15, 0.2) is 18.2 Å². The number of nitrogens with zero attached hydrogens (tertiary/aromatic N) is 3. The average molecular weight is 424 g/mol. The van der Waals surface area contributed by atoms with Crippen molar-refractivity contribution in [3.05, 3.63) is 23.8 Å². The average Bonchev–Trinajstić information content (AvgIpc) is 3.15. The number of rotatable bonds is 5. The van der Waals surface area contributed by atoms with E-state index in [2.05, 4.69) is 30.0 Å². The van der Waals surface area contributed by atoms with Crippen LogP contribution in [0, 0.1) is 12.8 Å². The molecule has 1 saturated carbocycles. The summed E-state index contributed by atoms with van der Waals surface area (Å²) in [7, 11) is 0. The van der Waals surface area contributed by atoms with Crippen LogP contribution >= 0.6 is 23.7 Å². The standard InChI is InChI=1S/C21H29N3O2S.ClH/c1-16-6-5-9-18-19(16)22-21(27-18)24(11-10-23-12-14-26-15-13-23)20(25)17-7-3-2-4-8-17;/h5-6,9,17H,2-4,7-8,10-15H2,1H3;1H. The van der Waals surface area contributed by atoms with Crippen LogP contribution in [0.2, 0.25) is 0 Å². The van der Waals surface area contributed by atoms with E-state index in [1.807, 2.05) is 4.90 Å². The number of benzene rings is 1. The number of carbonyl (C=O) groups is 1. The molecule has 1 aliphatic carbocycles. The first-order valence-corrected chi connectivity index (χ1v) is 11.0. The summed E-state index contributed by atoms with van der Waals surface area (Å²) in [4.78, 5) is 22.6. The van der Waals surface area contributed by atoms with Gasteiger partial charge in [0, 0.05) is 32.1 Å². The van der Waals surface area contributed by atoms with E-state index in [1.165, 1.54) is 24.8 Å². The van der Waals surface area contributed by atoms with E-state index in [0.717, 1.165) is 61.0 Å². The fraction of sp³-hybridized carbons (Fsp3) is 0.619. The van der Waals surface area contributed by atoms with Gasteiger partial charge in [-0.25, -0.2) is 4.98 Å². The molecule has 1 aromatic carbocycles. The number of amides is 1. The van der Waals surface area contributed by atoms with Gasteiger partial charge in [0.05, 0.1) is 23.4 Å². The molecular formula is C21H30ClN3O2S. The Morgan fingerprint density at radius 3 is 2.71 bits per heavy atom. The Bertz CT molecular complexity index is 785. The maximum atomic E-state index is 13.4. The molecule has 1 amide bonds. The Morgan fingerprint density at radius 2 is 2.00 bits per heavy atom. The molecule has 154 valence electrons. The van der Waals surface area contributed by atoms with Crippen molar-refractivity contribution >= 4 is 45.0 Å². The van der Waals surface area contributed by atoms with Gasteiger partial charge in [-0.2, -0.15) is 0 Å². The summed E-state index contributed by atoms with van der Waals surface area (Å²) in [6.45, 7) is 7.17. The highest BCUT2D eigenvalue weighted by Gasteiger charge is 2.29. The molecule has 28 heavy (non-hydrogen) atoms. The molecule has 2 aliphatic rings. The molecule has 5 nitrogen and oxygen atoms in total. The Labute approximate surface area is 177 Å². The lowest BCUT2D eigenvalue weighted by molar-refractivity contribution is -0.123. The first kappa shape index (κ1) is 21.5. The summed E-state index contributed by atoms with van der Waals surface area (Å²) in [6, 6.07) is 6.27. The van der Waals surface area contributed by atoms with Gasteiger partial charge in [-0.1, -0.05) is 42.7 Å². The highest BCUT2D eigenvalue weighted by Crippen LogP contribution is 2.33. The Hall–Kier alpha value is -1.21. The molecule has 7 heteroatoms. The number of hydrogen-bond acceptors (Lipinski definition) is 5. The minimum atomic E-state index is 0. The quantitative estimate of drug-likeness (QED) is 0.720. The minimum Gasteiger partial charge on any atom is -0.379 e. The van der Waals surface area contributed by atoms with E-state index in [0.29, 0.717) is 6.54 Å². The van der Waals surface area contributed by atoms with Gasteiger partial charge in [0.25, 0.3) is 0 Å². The van der Waals surface area contributed by atoms with Gasteiger partial charge in [-0.3, -0.25) is 14.6 Å². The van der Waals surface area contributed by atoms with Crippen molar-refractivity contribution in [3.63, 3.8) is 0 Å². The van der Waals surface area contributed by atoms with E-state index in [1.54, 1.807) is 11.3 Å². The summed E-state index contributed by atoms with van der Waals surface area (Å²) in [6.07, 6.45) is 5.66. The maximum absolute atomic E-state index is 13.4. The summed E-state index contributed by atoms with van der Waals surface area (Å²) in [5.41, 5.74) is 2.21. The number of carbonyl (C=O) groups excluding carboxylic acids is 1. The molecular weight excluding hydrogens is 394 g/mol. The van der Waals surface area contributed by atoms with Gasteiger partial charge in [-0.15, -0.1) is 12.4 Å². The van der Waals surface area contributed by atoms with Crippen molar-refractivity contribution in [3.8, 4) is 0 Å². The molecule has 2 fully saturated rings. The first-order valence-electron chi connectivity index (χ1n) is 10.2. The number of hydrogen-bond donors (Lipinski definition) is 0.